The monoisotopic (exact) mass is 528 g/mol. The van der Waals surface area contributed by atoms with Gasteiger partial charge in [-0.2, -0.15) is 0 Å². The van der Waals surface area contributed by atoms with E-state index in [1.807, 2.05) is 54.6 Å². The zero-order valence-electron chi connectivity index (χ0n) is 22.8. The van der Waals surface area contributed by atoms with Gasteiger partial charge >= 0.3 is 0 Å². The Bertz CT molecular complexity index is 1300. The van der Waals surface area contributed by atoms with Gasteiger partial charge in [0, 0.05) is 12.1 Å². The van der Waals surface area contributed by atoms with E-state index in [9.17, 15) is 14.7 Å². The van der Waals surface area contributed by atoms with E-state index in [0.717, 1.165) is 25.2 Å². The molecule has 1 amide bonds. The van der Waals surface area contributed by atoms with Crippen LogP contribution in [0.1, 0.15) is 43.0 Å². The van der Waals surface area contributed by atoms with Crippen molar-refractivity contribution in [2.45, 2.75) is 32.9 Å². The van der Waals surface area contributed by atoms with Gasteiger partial charge in [0.15, 0.2) is 0 Å². The number of hydrogen-bond donors (Lipinski definition) is 1. The van der Waals surface area contributed by atoms with Crippen molar-refractivity contribution >= 4 is 17.4 Å². The van der Waals surface area contributed by atoms with Gasteiger partial charge in [-0.15, -0.1) is 0 Å². The molecule has 0 unspecified atom stereocenters. The van der Waals surface area contributed by atoms with Crippen LogP contribution in [0.5, 0.6) is 11.5 Å². The third-order valence-electron chi connectivity index (χ3n) is 7.09. The molecule has 1 fully saturated rings. The van der Waals surface area contributed by atoms with Crippen LogP contribution in [0, 0.1) is 0 Å². The van der Waals surface area contributed by atoms with Crippen molar-refractivity contribution in [1.82, 2.24) is 9.80 Å². The molecule has 0 saturated carbocycles. The van der Waals surface area contributed by atoms with Crippen LogP contribution in [0.15, 0.2) is 84.4 Å². The minimum absolute atomic E-state index is 0.0778. The number of carbonyl (C=O) groups excluding carboxylic acids is 2. The molecule has 7 nitrogen and oxygen atoms in total. The summed E-state index contributed by atoms with van der Waals surface area (Å²) >= 11 is 0. The summed E-state index contributed by atoms with van der Waals surface area (Å²) in [5, 5.41) is 11.4. The average molecular weight is 529 g/mol. The molecule has 7 heteroatoms. The number of nitrogens with zero attached hydrogens (tertiary/aromatic N) is 2. The van der Waals surface area contributed by atoms with Crippen molar-refractivity contribution < 1.29 is 24.2 Å². The van der Waals surface area contributed by atoms with Crippen molar-refractivity contribution in [1.29, 1.82) is 0 Å². The van der Waals surface area contributed by atoms with Crippen LogP contribution in [-0.4, -0.2) is 59.9 Å². The number of aliphatic hydroxyl groups is 1. The molecule has 1 N–H and O–H groups in total. The lowest BCUT2D eigenvalue weighted by molar-refractivity contribution is -0.140. The number of amides is 1. The highest BCUT2D eigenvalue weighted by Gasteiger charge is 2.45. The summed E-state index contributed by atoms with van der Waals surface area (Å²) in [7, 11) is 1.57. The van der Waals surface area contributed by atoms with Gasteiger partial charge in [0.25, 0.3) is 11.7 Å². The summed E-state index contributed by atoms with van der Waals surface area (Å²) in [6, 6.07) is 23.3. The number of aliphatic hydroxyl groups excluding tert-OH is 1. The SMILES string of the molecule is CCN(CC)CCCN1C(=O)C(=O)C(=C(O)c2ccc(OCc3ccccc3)cc2)[C@H]1c1cccc(OC)c1. The van der Waals surface area contributed by atoms with Crippen molar-refractivity contribution in [3.8, 4) is 11.5 Å². The Morgan fingerprint density at radius 3 is 2.31 bits per heavy atom. The molecule has 0 radical (unpaired) electrons. The summed E-state index contributed by atoms with van der Waals surface area (Å²) in [4.78, 5) is 30.4. The molecular formula is C32H36N2O5. The fraction of sp³-hybridized carbons (Fsp3) is 0.312. The number of methoxy groups -OCH3 is 1. The van der Waals surface area contributed by atoms with E-state index in [4.69, 9.17) is 9.47 Å². The fourth-order valence-corrected chi connectivity index (χ4v) is 4.88. The molecular weight excluding hydrogens is 492 g/mol. The summed E-state index contributed by atoms with van der Waals surface area (Å²) in [5.41, 5.74) is 2.27. The van der Waals surface area contributed by atoms with Crippen LogP contribution >= 0.6 is 0 Å². The second kappa shape index (κ2) is 13.1. The first-order chi connectivity index (χ1) is 19.0. The normalized spacial score (nSPS) is 16.6. The van der Waals surface area contributed by atoms with Gasteiger partial charge in [-0.25, -0.2) is 0 Å². The minimum atomic E-state index is -0.717. The van der Waals surface area contributed by atoms with Crippen LogP contribution in [0.25, 0.3) is 5.76 Å². The lowest BCUT2D eigenvalue weighted by Gasteiger charge is -2.27. The number of likely N-dealkylation sites (tertiary alicyclic amines) is 1. The van der Waals surface area contributed by atoms with Crippen molar-refractivity contribution in [2.24, 2.45) is 0 Å². The second-order valence-electron chi connectivity index (χ2n) is 9.45. The van der Waals surface area contributed by atoms with Gasteiger partial charge in [0.05, 0.1) is 18.7 Å². The molecule has 0 bridgehead atoms. The van der Waals surface area contributed by atoms with Gasteiger partial charge in [0.1, 0.15) is 23.9 Å². The average Bonchev–Trinajstić information content (AvgIpc) is 3.23. The van der Waals surface area contributed by atoms with Crippen LogP contribution in [-0.2, 0) is 16.2 Å². The molecule has 1 atom stereocenters. The van der Waals surface area contributed by atoms with E-state index >= 15 is 0 Å². The Hall–Kier alpha value is -4.10. The number of carbonyl (C=O) groups is 2. The standard InChI is InChI=1S/C32H36N2O5/c1-4-33(5-2)19-10-20-34-29(25-13-9-14-27(21-25)38-3)28(31(36)32(34)37)30(35)24-15-17-26(18-16-24)39-22-23-11-7-6-8-12-23/h6-9,11-18,21,29,35H,4-5,10,19-20,22H2,1-3H3/t29-/m1/s1. The lowest BCUT2D eigenvalue weighted by Crippen LogP contribution is -2.33. The molecule has 1 saturated heterocycles. The minimum Gasteiger partial charge on any atom is -0.507 e. The van der Waals surface area contributed by atoms with E-state index in [1.165, 1.54) is 0 Å². The molecule has 1 aliphatic heterocycles. The van der Waals surface area contributed by atoms with Crippen LogP contribution in [0.3, 0.4) is 0 Å². The number of ether oxygens (including phenoxy) is 2. The van der Waals surface area contributed by atoms with Gasteiger partial charge in [-0.1, -0.05) is 56.3 Å². The summed E-state index contributed by atoms with van der Waals surface area (Å²) < 4.78 is 11.3. The maximum Gasteiger partial charge on any atom is 0.295 e. The van der Waals surface area contributed by atoms with Crippen molar-refractivity contribution in [2.75, 3.05) is 33.3 Å². The molecule has 0 aromatic heterocycles. The topological polar surface area (TPSA) is 79.3 Å². The Kier molecular flexibility index (Phi) is 9.39. The highest BCUT2D eigenvalue weighted by atomic mass is 16.5. The third kappa shape index (κ3) is 6.49. The molecule has 4 rings (SSSR count). The molecule has 1 heterocycles. The lowest BCUT2D eigenvalue weighted by atomic mass is 9.95. The molecule has 3 aromatic carbocycles. The predicted molar refractivity (Wildman–Crippen MR) is 152 cm³/mol. The number of benzene rings is 3. The molecule has 1 aliphatic rings. The van der Waals surface area contributed by atoms with Crippen LogP contribution in [0.2, 0.25) is 0 Å². The first-order valence-corrected chi connectivity index (χ1v) is 13.4. The van der Waals surface area contributed by atoms with E-state index in [2.05, 4.69) is 18.7 Å². The third-order valence-corrected chi connectivity index (χ3v) is 7.09. The maximum atomic E-state index is 13.3. The van der Waals surface area contributed by atoms with Gasteiger partial charge in [-0.05, 0) is 73.6 Å². The molecule has 204 valence electrons. The van der Waals surface area contributed by atoms with E-state index in [1.54, 1.807) is 36.3 Å². The van der Waals surface area contributed by atoms with Crippen molar-refractivity contribution in [3.63, 3.8) is 0 Å². The summed E-state index contributed by atoms with van der Waals surface area (Å²) in [6.07, 6.45) is 0.711. The molecule has 39 heavy (non-hydrogen) atoms. The second-order valence-corrected chi connectivity index (χ2v) is 9.45. The van der Waals surface area contributed by atoms with Crippen LogP contribution in [0.4, 0.5) is 0 Å². The quantitative estimate of drug-likeness (QED) is 0.192. The van der Waals surface area contributed by atoms with Crippen molar-refractivity contribution in [3.05, 3.63) is 101 Å². The number of rotatable bonds is 12. The Balaban J connectivity index is 1.63. The zero-order valence-corrected chi connectivity index (χ0v) is 22.8. The van der Waals surface area contributed by atoms with E-state index in [-0.39, 0.29) is 11.3 Å². The van der Waals surface area contributed by atoms with Gasteiger partial charge in [0.2, 0.25) is 0 Å². The van der Waals surface area contributed by atoms with Gasteiger partial charge in [-0.3, -0.25) is 9.59 Å². The van der Waals surface area contributed by atoms with E-state index < -0.39 is 17.7 Å². The zero-order chi connectivity index (χ0) is 27.8. The Morgan fingerprint density at radius 1 is 0.923 bits per heavy atom. The fourth-order valence-electron chi connectivity index (χ4n) is 4.88. The first kappa shape index (κ1) is 27.9. The largest absolute Gasteiger partial charge is 0.507 e. The Labute approximate surface area is 230 Å². The van der Waals surface area contributed by atoms with Gasteiger partial charge < -0.3 is 24.4 Å². The van der Waals surface area contributed by atoms with Crippen LogP contribution < -0.4 is 9.47 Å². The first-order valence-electron chi connectivity index (χ1n) is 13.4. The van der Waals surface area contributed by atoms with E-state index in [0.29, 0.717) is 42.2 Å². The predicted octanol–water partition coefficient (Wildman–Crippen LogP) is 5.43. The molecule has 0 spiro atoms. The smallest absolute Gasteiger partial charge is 0.295 e. The molecule has 3 aromatic rings. The Morgan fingerprint density at radius 2 is 1.64 bits per heavy atom. The highest BCUT2D eigenvalue weighted by molar-refractivity contribution is 6.46. The molecule has 0 aliphatic carbocycles. The summed E-state index contributed by atoms with van der Waals surface area (Å²) in [6.45, 7) is 7.66. The summed E-state index contributed by atoms with van der Waals surface area (Å²) in [5.74, 6) is -0.251. The number of ketones is 1. The number of hydrogen-bond acceptors (Lipinski definition) is 6. The number of Topliss-reactive ketones (excluding diaryl/α,β-unsaturated/α-hetero) is 1. The highest BCUT2D eigenvalue weighted by Crippen LogP contribution is 2.40. The maximum absolute atomic E-state index is 13.3.